The normalized spacial score (nSPS) is 10.7. The van der Waals surface area contributed by atoms with E-state index in [0.717, 1.165) is 25.2 Å². The van der Waals surface area contributed by atoms with Gasteiger partial charge in [-0.2, -0.15) is 10.2 Å². The third-order valence-corrected chi connectivity index (χ3v) is 4.52. The molecule has 136 valence electrons. The minimum Gasteiger partial charge on any atom is -0.362 e. The molecule has 0 atom stereocenters. The maximum absolute atomic E-state index is 5.36. The van der Waals surface area contributed by atoms with Gasteiger partial charge in [-0.1, -0.05) is 30.3 Å². The monoisotopic (exact) mass is 368 g/mol. The molecule has 7 heteroatoms. The second-order valence-electron chi connectivity index (χ2n) is 6.11. The third-order valence-electron chi connectivity index (χ3n) is 4.27. The van der Waals surface area contributed by atoms with E-state index in [1.165, 1.54) is 16.8 Å². The Bertz CT molecular complexity index is 852. The van der Waals surface area contributed by atoms with Crippen LogP contribution in [0.5, 0.6) is 0 Å². The molecule has 3 aromatic rings. The largest absolute Gasteiger partial charge is 0.362 e. The zero-order chi connectivity index (χ0) is 18.4. The Morgan fingerprint density at radius 3 is 2.69 bits per heavy atom. The van der Waals surface area contributed by atoms with E-state index < -0.39 is 0 Å². The van der Waals surface area contributed by atoms with Gasteiger partial charge in [0.1, 0.15) is 0 Å². The van der Waals surface area contributed by atoms with Crippen LogP contribution in [0.3, 0.4) is 0 Å². The van der Waals surface area contributed by atoms with Crippen molar-refractivity contribution < 1.29 is 0 Å². The molecule has 0 spiro atoms. The highest BCUT2D eigenvalue weighted by molar-refractivity contribution is 7.80. The number of rotatable bonds is 7. The molecule has 0 aliphatic carbocycles. The number of hydrogen-bond acceptors (Lipinski definition) is 3. The Morgan fingerprint density at radius 1 is 1.15 bits per heavy atom. The SMILES string of the molecule is CCn1ncc(Cn2cc(NC(=S)NCCc3ccccc3)cn2)c1C. The lowest BCUT2D eigenvalue weighted by Gasteiger charge is -2.08. The van der Waals surface area contributed by atoms with Crippen molar-refractivity contribution in [3.63, 3.8) is 0 Å². The fraction of sp³-hybridized carbons (Fsp3) is 0.316. The van der Waals surface area contributed by atoms with E-state index >= 15 is 0 Å². The smallest absolute Gasteiger partial charge is 0.170 e. The van der Waals surface area contributed by atoms with Gasteiger partial charge in [-0.25, -0.2) is 0 Å². The van der Waals surface area contributed by atoms with Gasteiger partial charge < -0.3 is 10.6 Å². The lowest BCUT2D eigenvalue weighted by atomic mass is 10.1. The van der Waals surface area contributed by atoms with Crippen LogP contribution in [0.15, 0.2) is 48.9 Å². The van der Waals surface area contributed by atoms with Crippen LogP contribution >= 0.6 is 12.2 Å². The first-order chi connectivity index (χ1) is 12.7. The quantitative estimate of drug-likeness (QED) is 0.628. The molecular formula is C19H24N6S. The summed E-state index contributed by atoms with van der Waals surface area (Å²) in [7, 11) is 0. The van der Waals surface area contributed by atoms with Crippen LogP contribution in [-0.4, -0.2) is 31.2 Å². The van der Waals surface area contributed by atoms with Crippen molar-refractivity contribution in [3.8, 4) is 0 Å². The molecule has 0 aliphatic rings. The minimum absolute atomic E-state index is 0.607. The lowest BCUT2D eigenvalue weighted by Crippen LogP contribution is -2.30. The van der Waals surface area contributed by atoms with Gasteiger partial charge in [0.2, 0.25) is 0 Å². The summed E-state index contributed by atoms with van der Waals surface area (Å²) in [5.74, 6) is 0. The number of anilines is 1. The molecule has 0 aliphatic heterocycles. The van der Waals surface area contributed by atoms with Gasteiger partial charge in [0.25, 0.3) is 0 Å². The number of aromatic nitrogens is 4. The number of hydrogen-bond donors (Lipinski definition) is 2. The Morgan fingerprint density at radius 2 is 1.96 bits per heavy atom. The summed E-state index contributed by atoms with van der Waals surface area (Å²) in [6, 6.07) is 10.4. The number of thiocarbonyl (C=S) groups is 1. The van der Waals surface area contributed by atoms with E-state index in [-0.39, 0.29) is 0 Å². The molecule has 6 nitrogen and oxygen atoms in total. The molecule has 0 saturated heterocycles. The van der Waals surface area contributed by atoms with Gasteiger partial charge in [-0.15, -0.1) is 0 Å². The van der Waals surface area contributed by atoms with Crippen molar-refractivity contribution in [2.75, 3.05) is 11.9 Å². The second-order valence-corrected chi connectivity index (χ2v) is 6.52. The zero-order valence-corrected chi connectivity index (χ0v) is 16.0. The summed E-state index contributed by atoms with van der Waals surface area (Å²) in [5, 5.41) is 15.8. The highest BCUT2D eigenvalue weighted by Crippen LogP contribution is 2.11. The second kappa shape index (κ2) is 8.62. The first-order valence-corrected chi connectivity index (χ1v) is 9.19. The van der Waals surface area contributed by atoms with Crippen molar-refractivity contribution in [2.24, 2.45) is 0 Å². The van der Waals surface area contributed by atoms with E-state index in [9.17, 15) is 0 Å². The average Bonchev–Trinajstić information content (AvgIpc) is 3.23. The van der Waals surface area contributed by atoms with Gasteiger partial charge in [0.15, 0.2) is 5.11 Å². The summed E-state index contributed by atoms with van der Waals surface area (Å²) in [6.07, 6.45) is 6.57. The molecule has 0 amide bonds. The van der Waals surface area contributed by atoms with Crippen LogP contribution in [0.4, 0.5) is 5.69 Å². The van der Waals surface area contributed by atoms with Gasteiger partial charge in [-0.3, -0.25) is 9.36 Å². The molecule has 0 saturated carbocycles. The molecule has 26 heavy (non-hydrogen) atoms. The Hall–Kier alpha value is -2.67. The van der Waals surface area contributed by atoms with Crippen LogP contribution in [0.2, 0.25) is 0 Å². The summed E-state index contributed by atoms with van der Waals surface area (Å²) < 4.78 is 3.88. The lowest BCUT2D eigenvalue weighted by molar-refractivity contribution is 0.633. The van der Waals surface area contributed by atoms with E-state index in [1.807, 2.05) is 40.0 Å². The predicted octanol–water partition coefficient (Wildman–Crippen LogP) is 2.99. The number of nitrogens with one attached hydrogen (secondary N) is 2. The zero-order valence-electron chi connectivity index (χ0n) is 15.1. The molecule has 3 rings (SSSR count). The van der Waals surface area contributed by atoms with Crippen LogP contribution < -0.4 is 10.6 Å². The van der Waals surface area contributed by atoms with Crippen molar-refractivity contribution >= 4 is 23.0 Å². The standard InChI is InChI=1S/C19H24N6S/c1-3-25-15(2)17(11-22-25)13-24-14-18(12-21-24)23-19(26)20-10-9-16-7-5-4-6-8-16/h4-8,11-12,14H,3,9-10,13H2,1-2H3,(H2,20,23,26). The first-order valence-electron chi connectivity index (χ1n) is 8.78. The van der Waals surface area contributed by atoms with Crippen molar-refractivity contribution in [2.45, 2.75) is 33.4 Å². The number of benzene rings is 1. The third kappa shape index (κ3) is 4.70. The summed E-state index contributed by atoms with van der Waals surface area (Å²) >= 11 is 5.36. The van der Waals surface area contributed by atoms with Crippen molar-refractivity contribution in [1.82, 2.24) is 24.9 Å². The summed E-state index contributed by atoms with van der Waals surface area (Å²) in [5.41, 5.74) is 4.52. The summed E-state index contributed by atoms with van der Waals surface area (Å²) in [6.45, 7) is 6.54. The van der Waals surface area contributed by atoms with Crippen molar-refractivity contribution in [3.05, 3.63) is 65.7 Å². The summed E-state index contributed by atoms with van der Waals surface area (Å²) in [4.78, 5) is 0. The highest BCUT2D eigenvalue weighted by Gasteiger charge is 2.07. The van der Waals surface area contributed by atoms with Gasteiger partial charge in [0, 0.05) is 30.5 Å². The minimum atomic E-state index is 0.607. The Kier molecular flexibility index (Phi) is 6.01. The van der Waals surface area contributed by atoms with E-state index in [0.29, 0.717) is 11.7 Å². The van der Waals surface area contributed by atoms with E-state index in [2.05, 4.69) is 46.8 Å². The van der Waals surface area contributed by atoms with E-state index in [1.54, 1.807) is 6.20 Å². The topological polar surface area (TPSA) is 59.7 Å². The van der Waals surface area contributed by atoms with Crippen LogP contribution in [0.25, 0.3) is 0 Å². The number of nitrogens with zero attached hydrogens (tertiary/aromatic N) is 4. The molecular weight excluding hydrogens is 344 g/mol. The van der Waals surface area contributed by atoms with Crippen LogP contribution in [-0.2, 0) is 19.5 Å². The highest BCUT2D eigenvalue weighted by atomic mass is 32.1. The van der Waals surface area contributed by atoms with Gasteiger partial charge in [0.05, 0.1) is 24.6 Å². The van der Waals surface area contributed by atoms with Crippen molar-refractivity contribution in [1.29, 1.82) is 0 Å². The Labute approximate surface area is 159 Å². The molecule has 1 aromatic carbocycles. The molecule has 0 bridgehead atoms. The average molecular weight is 369 g/mol. The van der Waals surface area contributed by atoms with Crippen LogP contribution in [0.1, 0.15) is 23.7 Å². The molecule has 0 unspecified atom stereocenters. The molecule has 2 N–H and O–H groups in total. The van der Waals surface area contributed by atoms with Gasteiger partial charge in [-0.05, 0) is 38.0 Å². The Balaban J connectivity index is 1.48. The van der Waals surface area contributed by atoms with Crippen LogP contribution in [0, 0.1) is 6.92 Å². The predicted molar refractivity (Wildman–Crippen MR) is 108 cm³/mol. The molecule has 0 fully saturated rings. The molecule has 2 heterocycles. The fourth-order valence-corrected chi connectivity index (χ4v) is 3.01. The van der Waals surface area contributed by atoms with E-state index in [4.69, 9.17) is 12.2 Å². The first kappa shape index (κ1) is 18.1. The van der Waals surface area contributed by atoms with Gasteiger partial charge >= 0.3 is 0 Å². The molecule has 0 radical (unpaired) electrons. The maximum Gasteiger partial charge on any atom is 0.170 e. The maximum atomic E-state index is 5.36. The number of aryl methyl sites for hydroxylation is 1. The fourth-order valence-electron chi connectivity index (χ4n) is 2.79. The molecule has 2 aromatic heterocycles.